The molecule has 0 bridgehead atoms. The van der Waals surface area contributed by atoms with Crippen LogP contribution in [-0.4, -0.2) is 37.0 Å². The van der Waals surface area contributed by atoms with E-state index in [-0.39, 0.29) is 24.7 Å². The van der Waals surface area contributed by atoms with Crippen LogP contribution in [0.5, 0.6) is 0 Å². The van der Waals surface area contributed by atoms with E-state index in [0.29, 0.717) is 0 Å². The standard InChI is InChI=1S/C17H22N4O3/c22-15(9-8-14-16(23)20-17(24)19-14)18-12-4-6-13(7-5-12)21-10-2-1-3-11-21/h4-7,14H,1-3,8-11H2,(H,18,22)(H2,19,20,23,24). The Kier molecular flexibility index (Phi) is 4.98. The Morgan fingerprint density at radius 1 is 1.12 bits per heavy atom. The molecule has 2 saturated heterocycles. The summed E-state index contributed by atoms with van der Waals surface area (Å²) in [6.07, 6.45) is 4.21. The molecule has 0 radical (unpaired) electrons. The lowest BCUT2D eigenvalue weighted by atomic mass is 10.1. The van der Waals surface area contributed by atoms with Gasteiger partial charge in [-0.3, -0.25) is 14.9 Å². The Bertz CT molecular complexity index is 623. The topological polar surface area (TPSA) is 90.5 Å². The highest BCUT2D eigenvalue weighted by atomic mass is 16.2. The molecule has 4 amide bonds. The number of carbonyl (C=O) groups is 3. The Hall–Kier alpha value is -2.57. The van der Waals surface area contributed by atoms with Gasteiger partial charge in [-0.1, -0.05) is 0 Å². The van der Waals surface area contributed by atoms with Gasteiger partial charge in [-0.05, 0) is 49.9 Å². The van der Waals surface area contributed by atoms with Gasteiger partial charge in [0.1, 0.15) is 6.04 Å². The van der Waals surface area contributed by atoms with Gasteiger partial charge in [-0.25, -0.2) is 4.79 Å². The molecule has 7 heteroatoms. The average molecular weight is 330 g/mol. The van der Waals surface area contributed by atoms with Crippen LogP contribution in [0.2, 0.25) is 0 Å². The molecule has 1 atom stereocenters. The van der Waals surface area contributed by atoms with Gasteiger partial charge in [0, 0.05) is 30.9 Å². The molecule has 0 saturated carbocycles. The highest BCUT2D eigenvalue weighted by molar-refractivity contribution is 6.04. The van der Waals surface area contributed by atoms with E-state index in [4.69, 9.17) is 0 Å². The Morgan fingerprint density at radius 2 is 1.83 bits per heavy atom. The SMILES string of the molecule is O=C(CCC1NC(=O)NC1=O)Nc1ccc(N2CCCCC2)cc1. The van der Waals surface area contributed by atoms with Gasteiger partial charge in [-0.15, -0.1) is 0 Å². The first-order valence-electron chi connectivity index (χ1n) is 8.38. The number of amides is 4. The molecule has 0 spiro atoms. The Morgan fingerprint density at radius 3 is 2.46 bits per heavy atom. The van der Waals surface area contributed by atoms with Gasteiger partial charge < -0.3 is 15.5 Å². The molecular weight excluding hydrogens is 308 g/mol. The van der Waals surface area contributed by atoms with Crippen molar-refractivity contribution >= 4 is 29.2 Å². The predicted octanol–water partition coefficient (Wildman–Crippen LogP) is 1.60. The summed E-state index contributed by atoms with van der Waals surface area (Å²) in [6, 6.07) is 6.71. The van der Waals surface area contributed by atoms with Crippen LogP contribution in [0.3, 0.4) is 0 Å². The number of benzene rings is 1. The quantitative estimate of drug-likeness (QED) is 0.715. The molecule has 1 aromatic rings. The summed E-state index contributed by atoms with van der Waals surface area (Å²) in [5.74, 6) is -0.548. The highest BCUT2D eigenvalue weighted by Gasteiger charge is 2.29. The van der Waals surface area contributed by atoms with Crippen molar-refractivity contribution in [3.63, 3.8) is 0 Å². The van der Waals surface area contributed by atoms with E-state index in [9.17, 15) is 14.4 Å². The lowest BCUT2D eigenvalue weighted by Crippen LogP contribution is -2.30. The molecule has 0 aromatic heterocycles. The number of rotatable bonds is 5. The van der Waals surface area contributed by atoms with Crippen molar-refractivity contribution in [2.24, 2.45) is 0 Å². The van der Waals surface area contributed by atoms with Crippen LogP contribution in [0.1, 0.15) is 32.1 Å². The summed E-state index contributed by atoms with van der Waals surface area (Å²) in [5.41, 5.74) is 1.92. The first-order valence-corrected chi connectivity index (χ1v) is 8.38. The van der Waals surface area contributed by atoms with Gasteiger partial charge in [0.05, 0.1) is 0 Å². The van der Waals surface area contributed by atoms with E-state index < -0.39 is 12.1 Å². The monoisotopic (exact) mass is 330 g/mol. The summed E-state index contributed by atoms with van der Waals surface area (Å²) in [6.45, 7) is 2.17. The van der Waals surface area contributed by atoms with E-state index in [1.54, 1.807) is 0 Å². The van der Waals surface area contributed by atoms with Crippen LogP contribution in [0, 0.1) is 0 Å². The van der Waals surface area contributed by atoms with E-state index in [0.717, 1.165) is 18.8 Å². The van der Waals surface area contributed by atoms with Crippen LogP contribution in [0.15, 0.2) is 24.3 Å². The fourth-order valence-electron chi connectivity index (χ4n) is 3.07. The fraction of sp³-hybridized carbons (Fsp3) is 0.471. The van der Waals surface area contributed by atoms with Crippen molar-refractivity contribution in [3.8, 4) is 0 Å². The number of carbonyl (C=O) groups excluding carboxylic acids is 3. The zero-order valence-corrected chi connectivity index (χ0v) is 13.5. The second-order valence-corrected chi connectivity index (χ2v) is 6.20. The summed E-state index contributed by atoms with van der Waals surface area (Å²) >= 11 is 0. The van der Waals surface area contributed by atoms with Crippen molar-refractivity contribution < 1.29 is 14.4 Å². The third-order valence-electron chi connectivity index (χ3n) is 4.39. The molecule has 1 unspecified atom stereocenters. The molecule has 3 rings (SSSR count). The molecular formula is C17H22N4O3. The van der Waals surface area contributed by atoms with Gasteiger partial charge in [0.15, 0.2) is 0 Å². The first kappa shape index (κ1) is 16.3. The van der Waals surface area contributed by atoms with Gasteiger partial charge in [0.25, 0.3) is 5.91 Å². The molecule has 0 aliphatic carbocycles. The molecule has 24 heavy (non-hydrogen) atoms. The lowest BCUT2D eigenvalue weighted by molar-refractivity contribution is -0.120. The van der Waals surface area contributed by atoms with Crippen LogP contribution >= 0.6 is 0 Å². The molecule has 2 fully saturated rings. The lowest BCUT2D eigenvalue weighted by Gasteiger charge is -2.28. The zero-order chi connectivity index (χ0) is 16.9. The molecule has 2 aliphatic heterocycles. The largest absolute Gasteiger partial charge is 0.372 e. The summed E-state index contributed by atoms with van der Waals surface area (Å²) < 4.78 is 0. The maximum absolute atomic E-state index is 12.0. The number of anilines is 2. The van der Waals surface area contributed by atoms with Crippen molar-refractivity contribution in [1.82, 2.24) is 10.6 Å². The average Bonchev–Trinajstić information content (AvgIpc) is 2.92. The van der Waals surface area contributed by atoms with Crippen LogP contribution in [0.4, 0.5) is 16.2 Å². The number of imide groups is 1. The molecule has 2 heterocycles. The minimum absolute atomic E-state index is 0.172. The van der Waals surface area contributed by atoms with Gasteiger partial charge in [0.2, 0.25) is 5.91 Å². The molecule has 128 valence electrons. The van der Waals surface area contributed by atoms with Crippen LogP contribution in [0.25, 0.3) is 0 Å². The number of hydrogen-bond donors (Lipinski definition) is 3. The third kappa shape index (κ3) is 4.04. The number of urea groups is 1. The second-order valence-electron chi connectivity index (χ2n) is 6.20. The van der Waals surface area contributed by atoms with Gasteiger partial charge in [-0.2, -0.15) is 0 Å². The maximum atomic E-state index is 12.0. The third-order valence-corrected chi connectivity index (χ3v) is 4.39. The van der Waals surface area contributed by atoms with E-state index in [2.05, 4.69) is 20.9 Å². The van der Waals surface area contributed by atoms with Crippen molar-refractivity contribution in [2.45, 2.75) is 38.1 Å². The number of nitrogens with zero attached hydrogens (tertiary/aromatic N) is 1. The predicted molar refractivity (Wildman–Crippen MR) is 90.8 cm³/mol. The number of piperidine rings is 1. The molecule has 2 aliphatic rings. The smallest absolute Gasteiger partial charge is 0.322 e. The highest BCUT2D eigenvalue weighted by Crippen LogP contribution is 2.22. The Labute approximate surface area is 140 Å². The summed E-state index contributed by atoms with van der Waals surface area (Å²) in [4.78, 5) is 36.8. The summed E-state index contributed by atoms with van der Waals surface area (Å²) in [7, 11) is 0. The number of nitrogens with one attached hydrogen (secondary N) is 3. The maximum Gasteiger partial charge on any atom is 0.322 e. The Balaban J connectivity index is 1.47. The zero-order valence-electron chi connectivity index (χ0n) is 13.5. The molecule has 1 aromatic carbocycles. The van der Waals surface area contributed by atoms with E-state index >= 15 is 0 Å². The van der Waals surface area contributed by atoms with E-state index in [1.807, 2.05) is 24.3 Å². The van der Waals surface area contributed by atoms with Crippen LogP contribution < -0.4 is 20.9 Å². The molecule has 3 N–H and O–H groups in total. The number of hydrogen-bond acceptors (Lipinski definition) is 4. The minimum atomic E-state index is -0.621. The van der Waals surface area contributed by atoms with Crippen LogP contribution in [-0.2, 0) is 9.59 Å². The fourth-order valence-corrected chi connectivity index (χ4v) is 3.07. The van der Waals surface area contributed by atoms with E-state index in [1.165, 1.54) is 24.9 Å². The van der Waals surface area contributed by atoms with Crippen molar-refractivity contribution in [3.05, 3.63) is 24.3 Å². The van der Waals surface area contributed by atoms with Crippen molar-refractivity contribution in [2.75, 3.05) is 23.3 Å². The minimum Gasteiger partial charge on any atom is -0.372 e. The summed E-state index contributed by atoms with van der Waals surface area (Å²) in [5, 5.41) is 7.45. The second kappa shape index (κ2) is 7.33. The molecule has 7 nitrogen and oxygen atoms in total. The van der Waals surface area contributed by atoms with Crippen molar-refractivity contribution in [1.29, 1.82) is 0 Å². The first-order chi connectivity index (χ1) is 11.6. The van der Waals surface area contributed by atoms with Gasteiger partial charge >= 0.3 is 6.03 Å². The normalized spacial score (nSPS) is 20.5.